The maximum absolute atomic E-state index is 12.5. The summed E-state index contributed by atoms with van der Waals surface area (Å²) in [4.78, 5) is 3.55. The van der Waals surface area contributed by atoms with Gasteiger partial charge in [-0.15, -0.1) is 0 Å². The summed E-state index contributed by atoms with van der Waals surface area (Å²) >= 11 is 3.54. The molecule has 0 aliphatic rings. The smallest absolute Gasteiger partial charge is 0.227 e. The highest BCUT2D eigenvalue weighted by molar-refractivity contribution is 14.1. The van der Waals surface area contributed by atoms with Crippen molar-refractivity contribution in [1.29, 1.82) is 0 Å². The zero-order valence-electron chi connectivity index (χ0n) is 6.92. The fourth-order valence-electron chi connectivity index (χ4n) is 0.849. The van der Waals surface area contributed by atoms with E-state index in [0.717, 1.165) is 6.07 Å². The molecule has 0 saturated heterocycles. The molecular weight excluding hydrogens is 456 g/mol. The predicted molar refractivity (Wildman–Crippen MR) is 66.0 cm³/mol. The van der Waals surface area contributed by atoms with Gasteiger partial charge in [0.2, 0.25) is 0 Å². The highest BCUT2D eigenvalue weighted by Gasteiger charge is 2.23. The van der Waals surface area contributed by atoms with Crippen LogP contribution in [0.25, 0.3) is 0 Å². The number of alkyl halides is 2. The minimum Gasteiger partial charge on any atom is -0.227 e. The minimum atomic E-state index is -4.22. The van der Waals surface area contributed by atoms with Crippen LogP contribution in [0.2, 0.25) is 0 Å². The SMILES string of the molecule is NS(=O)(=O)c1nc(I)c(I)cc1C(F)F. The zero-order valence-corrected chi connectivity index (χ0v) is 12.0. The van der Waals surface area contributed by atoms with E-state index >= 15 is 0 Å². The van der Waals surface area contributed by atoms with Crippen LogP contribution in [0.3, 0.4) is 0 Å². The number of nitrogens with zero attached hydrogens (tertiary/aromatic N) is 1. The Bertz CT molecular complexity index is 492. The Kier molecular flexibility index (Phi) is 4.22. The molecule has 2 N–H and O–H groups in total. The standard InChI is InChI=1S/C6H4F2I2N2O2S/c7-4(8)2-1-3(9)5(10)12-6(2)15(11,13)14/h1,4H,(H2,11,13,14). The van der Waals surface area contributed by atoms with Gasteiger partial charge in [0.25, 0.3) is 16.4 Å². The van der Waals surface area contributed by atoms with Gasteiger partial charge < -0.3 is 0 Å². The molecule has 15 heavy (non-hydrogen) atoms. The number of hydrogen-bond donors (Lipinski definition) is 1. The third kappa shape index (κ3) is 3.17. The van der Waals surface area contributed by atoms with E-state index in [1.807, 2.05) is 0 Å². The lowest BCUT2D eigenvalue weighted by molar-refractivity contribution is 0.147. The van der Waals surface area contributed by atoms with Crippen molar-refractivity contribution in [2.45, 2.75) is 11.5 Å². The zero-order chi connectivity index (χ0) is 11.8. The van der Waals surface area contributed by atoms with Crippen LogP contribution in [0, 0.1) is 7.27 Å². The summed E-state index contributed by atoms with van der Waals surface area (Å²) in [7, 11) is -4.22. The van der Waals surface area contributed by atoms with Crippen LogP contribution in [0.4, 0.5) is 8.78 Å². The summed E-state index contributed by atoms with van der Waals surface area (Å²) in [5, 5.41) is 4.02. The molecule has 0 radical (unpaired) electrons. The average molecular weight is 460 g/mol. The summed E-state index contributed by atoms with van der Waals surface area (Å²) in [5.41, 5.74) is -0.665. The Morgan fingerprint density at radius 3 is 2.33 bits per heavy atom. The number of hydrogen-bond acceptors (Lipinski definition) is 3. The van der Waals surface area contributed by atoms with Gasteiger partial charge in [0.05, 0.1) is 5.56 Å². The largest absolute Gasteiger partial charge is 0.266 e. The van der Waals surface area contributed by atoms with E-state index < -0.39 is 27.0 Å². The summed E-state index contributed by atoms with van der Waals surface area (Å²) < 4.78 is 47.8. The molecule has 0 fully saturated rings. The van der Waals surface area contributed by atoms with Crippen molar-refractivity contribution in [3.05, 3.63) is 18.9 Å². The molecular formula is C6H4F2I2N2O2S. The topological polar surface area (TPSA) is 73.1 Å². The van der Waals surface area contributed by atoms with Crippen LogP contribution < -0.4 is 5.14 Å². The Labute approximate surface area is 112 Å². The first kappa shape index (κ1) is 13.4. The minimum absolute atomic E-state index is 0.321. The lowest BCUT2D eigenvalue weighted by atomic mass is 10.3. The van der Waals surface area contributed by atoms with Crippen LogP contribution >= 0.6 is 45.2 Å². The Morgan fingerprint density at radius 2 is 1.93 bits per heavy atom. The predicted octanol–water partition coefficient (Wildman–Crippen LogP) is 1.88. The van der Waals surface area contributed by atoms with Crippen molar-refractivity contribution in [3.8, 4) is 0 Å². The van der Waals surface area contributed by atoms with Gasteiger partial charge in [-0.05, 0) is 51.2 Å². The molecule has 0 bridgehead atoms. The second-order valence-corrected chi connectivity index (χ2v) is 6.16. The fraction of sp³-hybridized carbons (Fsp3) is 0.167. The van der Waals surface area contributed by atoms with Crippen LogP contribution in [0.5, 0.6) is 0 Å². The molecule has 1 heterocycles. The summed E-state index contributed by atoms with van der Waals surface area (Å²) in [6.45, 7) is 0. The van der Waals surface area contributed by atoms with Crippen molar-refractivity contribution in [1.82, 2.24) is 4.98 Å². The lowest BCUT2D eigenvalue weighted by Crippen LogP contribution is -2.17. The number of pyridine rings is 1. The number of rotatable bonds is 2. The van der Waals surface area contributed by atoms with E-state index in [4.69, 9.17) is 5.14 Å². The Balaban J connectivity index is 3.56. The van der Waals surface area contributed by atoms with Crippen molar-refractivity contribution in [2.24, 2.45) is 5.14 Å². The van der Waals surface area contributed by atoms with Gasteiger partial charge in [0.15, 0.2) is 5.03 Å². The molecule has 0 unspecified atom stereocenters. The first-order valence-corrected chi connectivity index (χ1v) is 7.10. The summed E-state index contributed by atoms with van der Waals surface area (Å²) in [6, 6.07) is 1.07. The number of nitrogens with two attached hydrogens (primary N) is 1. The Hall–Kier alpha value is 0.380. The van der Waals surface area contributed by atoms with Gasteiger partial charge in [-0.1, -0.05) is 0 Å². The first-order chi connectivity index (χ1) is 6.73. The van der Waals surface area contributed by atoms with Gasteiger partial charge in [-0.25, -0.2) is 27.3 Å². The van der Waals surface area contributed by atoms with E-state index in [1.165, 1.54) is 0 Å². The van der Waals surface area contributed by atoms with Gasteiger partial charge in [-0.2, -0.15) is 0 Å². The number of primary sulfonamides is 1. The number of sulfonamides is 1. The van der Waals surface area contributed by atoms with Gasteiger partial charge >= 0.3 is 0 Å². The van der Waals surface area contributed by atoms with E-state index in [-0.39, 0.29) is 0 Å². The lowest BCUT2D eigenvalue weighted by Gasteiger charge is -2.07. The molecule has 0 atom stereocenters. The molecule has 0 spiro atoms. The van der Waals surface area contributed by atoms with E-state index in [9.17, 15) is 17.2 Å². The molecule has 0 aliphatic heterocycles. The van der Waals surface area contributed by atoms with Crippen LogP contribution in [-0.2, 0) is 10.0 Å². The van der Waals surface area contributed by atoms with E-state index in [1.54, 1.807) is 45.2 Å². The van der Waals surface area contributed by atoms with Crippen molar-refractivity contribution < 1.29 is 17.2 Å². The molecule has 1 rings (SSSR count). The quantitative estimate of drug-likeness (QED) is 0.542. The monoisotopic (exact) mass is 460 g/mol. The molecule has 0 aromatic carbocycles. The Morgan fingerprint density at radius 1 is 1.40 bits per heavy atom. The van der Waals surface area contributed by atoms with Crippen LogP contribution in [0.1, 0.15) is 12.0 Å². The van der Waals surface area contributed by atoms with Crippen molar-refractivity contribution in [3.63, 3.8) is 0 Å². The molecule has 0 amide bonds. The average Bonchev–Trinajstić information content (AvgIpc) is 2.06. The third-order valence-corrected chi connectivity index (χ3v) is 4.97. The van der Waals surface area contributed by atoms with Gasteiger partial charge in [0, 0.05) is 3.57 Å². The maximum atomic E-state index is 12.5. The third-order valence-electron chi connectivity index (χ3n) is 1.43. The highest BCUT2D eigenvalue weighted by Crippen LogP contribution is 2.27. The normalized spacial score (nSPS) is 12.1. The fourth-order valence-corrected chi connectivity index (χ4v) is 2.56. The second-order valence-electron chi connectivity index (χ2n) is 2.50. The maximum Gasteiger partial charge on any atom is 0.266 e. The van der Waals surface area contributed by atoms with Crippen LogP contribution in [-0.4, -0.2) is 13.4 Å². The van der Waals surface area contributed by atoms with Gasteiger partial charge in [0.1, 0.15) is 3.70 Å². The molecule has 4 nitrogen and oxygen atoms in total. The summed E-state index contributed by atoms with van der Waals surface area (Å²) in [5.74, 6) is 0. The molecule has 0 saturated carbocycles. The van der Waals surface area contributed by atoms with Crippen molar-refractivity contribution in [2.75, 3.05) is 0 Å². The molecule has 0 aliphatic carbocycles. The summed E-state index contributed by atoms with van der Waals surface area (Å²) in [6.07, 6.45) is -2.92. The van der Waals surface area contributed by atoms with Crippen molar-refractivity contribution >= 4 is 55.2 Å². The number of halogens is 4. The number of aromatic nitrogens is 1. The molecule has 1 aromatic heterocycles. The first-order valence-electron chi connectivity index (χ1n) is 3.40. The molecule has 1 aromatic rings. The van der Waals surface area contributed by atoms with E-state index in [2.05, 4.69) is 4.98 Å². The van der Waals surface area contributed by atoms with Crippen LogP contribution in [0.15, 0.2) is 11.1 Å². The van der Waals surface area contributed by atoms with Gasteiger partial charge in [-0.3, -0.25) is 0 Å². The molecule has 84 valence electrons. The van der Waals surface area contributed by atoms with E-state index in [0.29, 0.717) is 7.27 Å². The molecule has 9 heteroatoms. The second kappa shape index (κ2) is 4.71. The highest BCUT2D eigenvalue weighted by atomic mass is 127.